The molecule has 0 aliphatic rings. The van der Waals surface area contributed by atoms with E-state index in [1.165, 1.54) is 0 Å². The predicted octanol–water partition coefficient (Wildman–Crippen LogP) is 4.22. The van der Waals surface area contributed by atoms with Crippen molar-refractivity contribution in [2.24, 2.45) is 5.73 Å². The molecule has 1 heterocycles. The van der Waals surface area contributed by atoms with Crippen molar-refractivity contribution in [3.05, 3.63) is 58.0 Å². The summed E-state index contributed by atoms with van der Waals surface area (Å²) in [6, 6.07) is 9.01. The Morgan fingerprint density at radius 3 is 2.76 bits per heavy atom. The van der Waals surface area contributed by atoms with Crippen LogP contribution in [-0.4, -0.2) is 0 Å². The van der Waals surface area contributed by atoms with E-state index >= 15 is 0 Å². The summed E-state index contributed by atoms with van der Waals surface area (Å²) in [5.74, 6) is 0.929. The summed E-state index contributed by atoms with van der Waals surface area (Å²) < 4.78 is 5.26. The molecule has 0 saturated carbocycles. The molecule has 1 unspecified atom stereocenters. The van der Waals surface area contributed by atoms with Gasteiger partial charge in [-0.3, -0.25) is 0 Å². The van der Waals surface area contributed by atoms with Crippen LogP contribution >= 0.6 is 23.2 Å². The standard InChI is InChI=1S/C13H13Cl2NO/c14-9-3-5-12(15)11(8-9)13(16)6-4-10-2-1-7-17-10/h1-3,5,7-8,13H,4,6,16H2. The van der Waals surface area contributed by atoms with Crippen LogP contribution in [0.2, 0.25) is 10.0 Å². The molecular formula is C13H13Cl2NO. The summed E-state index contributed by atoms with van der Waals surface area (Å²) in [5, 5.41) is 1.30. The van der Waals surface area contributed by atoms with Crippen molar-refractivity contribution in [1.29, 1.82) is 0 Å². The van der Waals surface area contributed by atoms with Crippen LogP contribution in [0, 0.1) is 0 Å². The summed E-state index contributed by atoms with van der Waals surface area (Å²) in [6.07, 6.45) is 3.22. The van der Waals surface area contributed by atoms with Crippen molar-refractivity contribution in [3.8, 4) is 0 Å². The Hall–Kier alpha value is -0.960. The third-order valence-electron chi connectivity index (χ3n) is 2.64. The second kappa shape index (κ2) is 5.58. The lowest BCUT2D eigenvalue weighted by Crippen LogP contribution is -2.11. The van der Waals surface area contributed by atoms with Crippen LogP contribution in [0.3, 0.4) is 0 Å². The topological polar surface area (TPSA) is 39.2 Å². The maximum atomic E-state index is 6.10. The SMILES string of the molecule is NC(CCc1ccco1)c1cc(Cl)ccc1Cl. The molecule has 0 amide bonds. The van der Waals surface area contributed by atoms with E-state index in [9.17, 15) is 0 Å². The van der Waals surface area contributed by atoms with Gasteiger partial charge < -0.3 is 10.2 Å². The van der Waals surface area contributed by atoms with Crippen LogP contribution in [0.5, 0.6) is 0 Å². The monoisotopic (exact) mass is 269 g/mol. The van der Waals surface area contributed by atoms with E-state index in [0.717, 1.165) is 24.2 Å². The molecule has 90 valence electrons. The van der Waals surface area contributed by atoms with Gasteiger partial charge in [-0.1, -0.05) is 23.2 Å². The first-order chi connectivity index (χ1) is 8.16. The van der Waals surface area contributed by atoms with Gasteiger partial charge in [0.25, 0.3) is 0 Å². The third kappa shape index (κ3) is 3.25. The Morgan fingerprint density at radius 2 is 2.06 bits per heavy atom. The van der Waals surface area contributed by atoms with Crippen molar-refractivity contribution in [2.45, 2.75) is 18.9 Å². The first-order valence-electron chi connectivity index (χ1n) is 5.39. The zero-order valence-corrected chi connectivity index (χ0v) is 10.7. The molecule has 2 rings (SSSR count). The van der Waals surface area contributed by atoms with Crippen LogP contribution in [0.15, 0.2) is 41.0 Å². The van der Waals surface area contributed by atoms with E-state index < -0.39 is 0 Å². The molecular weight excluding hydrogens is 257 g/mol. The van der Waals surface area contributed by atoms with Gasteiger partial charge in [-0.05, 0) is 42.3 Å². The van der Waals surface area contributed by atoms with E-state index in [1.807, 2.05) is 18.2 Å². The lowest BCUT2D eigenvalue weighted by molar-refractivity contribution is 0.488. The molecule has 1 aromatic heterocycles. The molecule has 0 bridgehead atoms. The van der Waals surface area contributed by atoms with E-state index in [1.54, 1.807) is 18.4 Å². The van der Waals surface area contributed by atoms with Crippen LogP contribution in [0.4, 0.5) is 0 Å². The highest BCUT2D eigenvalue weighted by molar-refractivity contribution is 6.33. The van der Waals surface area contributed by atoms with Crippen molar-refractivity contribution in [3.63, 3.8) is 0 Å². The van der Waals surface area contributed by atoms with E-state index in [0.29, 0.717) is 10.0 Å². The van der Waals surface area contributed by atoms with Crippen LogP contribution < -0.4 is 5.73 Å². The molecule has 1 atom stereocenters. The molecule has 2 nitrogen and oxygen atoms in total. The summed E-state index contributed by atoms with van der Waals surface area (Å²) in [5.41, 5.74) is 6.98. The number of rotatable bonds is 4. The summed E-state index contributed by atoms with van der Waals surface area (Å²) >= 11 is 12.0. The largest absolute Gasteiger partial charge is 0.469 e. The summed E-state index contributed by atoms with van der Waals surface area (Å²) in [4.78, 5) is 0. The molecule has 0 aliphatic heterocycles. The second-order valence-corrected chi connectivity index (χ2v) is 4.73. The number of hydrogen-bond acceptors (Lipinski definition) is 2. The van der Waals surface area contributed by atoms with Gasteiger partial charge >= 0.3 is 0 Å². The Balaban J connectivity index is 2.04. The fraction of sp³-hybridized carbons (Fsp3) is 0.231. The smallest absolute Gasteiger partial charge is 0.103 e. The maximum absolute atomic E-state index is 6.10. The Kier molecular flexibility index (Phi) is 4.11. The molecule has 4 heteroatoms. The number of aryl methyl sites for hydroxylation is 1. The van der Waals surface area contributed by atoms with Gasteiger partial charge in [0.15, 0.2) is 0 Å². The van der Waals surface area contributed by atoms with Gasteiger partial charge in [0, 0.05) is 22.5 Å². The van der Waals surface area contributed by atoms with Crippen LogP contribution in [0.25, 0.3) is 0 Å². The van der Waals surface area contributed by atoms with Crippen LogP contribution in [0.1, 0.15) is 23.8 Å². The van der Waals surface area contributed by atoms with Gasteiger partial charge in [0.2, 0.25) is 0 Å². The summed E-state index contributed by atoms with van der Waals surface area (Å²) in [6.45, 7) is 0. The number of halogens is 2. The molecule has 0 saturated heterocycles. The molecule has 2 aromatic rings. The molecule has 1 aromatic carbocycles. The average Bonchev–Trinajstić information content (AvgIpc) is 2.82. The zero-order valence-electron chi connectivity index (χ0n) is 9.20. The number of hydrogen-bond donors (Lipinski definition) is 1. The molecule has 0 fully saturated rings. The van der Waals surface area contributed by atoms with Crippen molar-refractivity contribution < 1.29 is 4.42 Å². The van der Waals surface area contributed by atoms with E-state index in [-0.39, 0.29) is 6.04 Å². The van der Waals surface area contributed by atoms with E-state index in [2.05, 4.69) is 0 Å². The molecule has 0 spiro atoms. The quantitative estimate of drug-likeness (QED) is 0.903. The van der Waals surface area contributed by atoms with Gasteiger partial charge in [-0.2, -0.15) is 0 Å². The number of nitrogens with two attached hydrogens (primary N) is 1. The maximum Gasteiger partial charge on any atom is 0.103 e. The highest BCUT2D eigenvalue weighted by Crippen LogP contribution is 2.27. The van der Waals surface area contributed by atoms with Crippen molar-refractivity contribution >= 4 is 23.2 Å². The van der Waals surface area contributed by atoms with Gasteiger partial charge in [0.05, 0.1) is 6.26 Å². The highest BCUT2D eigenvalue weighted by Gasteiger charge is 2.11. The fourth-order valence-electron chi connectivity index (χ4n) is 1.71. The van der Waals surface area contributed by atoms with E-state index in [4.69, 9.17) is 33.4 Å². The minimum atomic E-state index is -0.133. The normalized spacial score (nSPS) is 12.6. The molecule has 0 radical (unpaired) electrons. The highest BCUT2D eigenvalue weighted by atomic mass is 35.5. The predicted molar refractivity (Wildman–Crippen MR) is 70.4 cm³/mol. The Bertz CT molecular complexity index is 482. The lowest BCUT2D eigenvalue weighted by Gasteiger charge is -2.13. The number of furan rings is 1. The Labute approximate surface area is 110 Å². The first-order valence-corrected chi connectivity index (χ1v) is 6.15. The van der Waals surface area contributed by atoms with Gasteiger partial charge in [-0.15, -0.1) is 0 Å². The van der Waals surface area contributed by atoms with Gasteiger partial charge in [0.1, 0.15) is 5.76 Å². The third-order valence-corrected chi connectivity index (χ3v) is 3.22. The average molecular weight is 270 g/mol. The minimum Gasteiger partial charge on any atom is -0.469 e. The van der Waals surface area contributed by atoms with Gasteiger partial charge in [-0.25, -0.2) is 0 Å². The fourth-order valence-corrected chi connectivity index (χ4v) is 2.15. The molecule has 17 heavy (non-hydrogen) atoms. The second-order valence-electron chi connectivity index (χ2n) is 3.89. The Morgan fingerprint density at radius 1 is 1.24 bits per heavy atom. The van der Waals surface area contributed by atoms with Crippen molar-refractivity contribution in [2.75, 3.05) is 0 Å². The number of benzene rings is 1. The zero-order chi connectivity index (χ0) is 12.3. The summed E-state index contributed by atoms with van der Waals surface area (Å²) in [7, 11) is 0. The molecule has 2 N–H and O–H groups in total. The van der Waals surface area contributed by atoms with Crippen LogP contribution in [-0.2, 0) is 6.42 Å². The molecule has 0 aliphatic carbocycles. The lowest BCUT2D eigenvalue weighted by atomic mass is 10.0. The minimum absolute atomic E-state index is 0.133. The van der Waals surface area contributed by atoms with Crippen molar-refractivity contribution in [1.82, 2.24) is 0 Å². The first kappa shape index (κ1) is 12.5.